The molecule has 0 aliphatic carbocycles. The zero-order valence-corrected chi connectivity index (χ0v) is 18.3. The first-order valence-electron chi connectivity index (χ1n) is 10.0. The topological polar surface area (TPSA) is 79.6 Å². The summed E-state index contributed by atoms with van der Waals surface area (Å²) in [4.78, 5) is 13.2. The van der Waals surface area contributed by atoms with E-state index in [4.69, 9.17) is 14.7 Å². The Morgan fingerprint density at radius 2 is 1.70 bits per heavy atom. The van der Waals surface area contributed by atoms with Gasteiger partial charge in [0.15, 0.2) is 5.78 Å². The van der Waals surface area contributed by atoms with Gasteiger partial charge in [0.25, 0.3) is 0 Å². The first-order valence-corrected chi connectivity index (χ1v) is 10.0. The number of aliphatic hydroxyl groups excluding tert-OH is 1. The van der Waals surface area contributed by atoms with Crippen molar-refractivity contribution in [2.75, 3.05) is 0 Å². The van der Waals surface area contributed by atoms with E-state index in [9.17, 15) is 9.90 Å². The fourth-order valence-electron chi connectivity index (χ4n) is 3.81. The van der Waals surface area contributed by atoms with Crippen molar-refractivity contribution in [2.24, 2.45) is 0 Å². The molecule has 5 heteroatoms. The monoisotopic (exact) mass is 405 g/mol. The average molecular weight is 405 g/mol. The molecule has 0 spiro atoms. The molecule has 1 aliphatic heterocycles. The minimum Gasteiger partial charge on any atom is -0.508 e. The molecule has 30 heavy (non-hydrogen) atoms. The van der Waals surface area contributed by atoms with Gasteiger partial charge < -0.3 is 14.6 Å². The van der Waals surface area contributed by atoms with Crippen LogP contribution in [0.2, 0.25) is 0 Å². The summed E-state index contributed by atoms with van der Waals surface area (Å²) in [6.07, 6.45) is 0.692. The number of aliphatic hydroxyl groups is 1. The van der Waals surface area contributed by atoms with Crippen LogP contribution >= 0.6 is 0 Å². The number of rotatable bonds is 4. The molecule has 0 amide bonds. The number of aryl methyl sites for hydroxylation is 2. The zero-order valence-electron chi connectivity index (χ0n) is 18.3. The van der Waals surface area contributed by atoms with E-state index in [1.54, 1.807) is 52.0 Å². The van der Waals surface area contributed by atoms with Gasteiger partial charge in [-0.25, -0.2) is 0 Å². The number of hydrogen-bond acceptors (Lipinski definition) is 5. The molecule has 0 saturated heterocycles. The Kier molecular flexibility index (Phi) is 5.49. The van der Waals surface area contributed by atoms with Crippen LogP contribution in [0.25, 0.3) is 5.57 Å². The van der Waals surface area contributed by atoms with Gasteiger partial charge >= 0.3 is 0 Å². The molecule has 0 radical (unpaired) electrons. The van der Waals surface area contributed by atoms with Crippen LogP contribution in [0.4, 0.5) is 0 Å². The molecule has 0 bridgehead atoms. The van der Waals surface area contributed by atoms with Crippen molar-refractivity contribution in [3.63, 3.8) is 0 Å². The van der Waals surface area contributed by atoms with Crippen LogP contribution in [-0.4, -0.2) is 22.1 Å². The van der Waals surface area contributed by atoms with E-state index in [0.29, 0.717) is 29.0 Å². The summed E-state index contributed by atoms with van der Waals surface area (Å²) in [7, 11) is 0. The number of nitrogens with zero attached hydrogens (tertiary/aromatic N) is 1. The van der Waals surface area contributed by atoms with Gasteiger partial charge in [0.2, 0.25) is 0 Å². The van der Waals surface area contributed by atoms with Crippen molar-refractivity contribution in [3.05, 3.63) is 64.4 Å². The quantitative estimate of drug-likeness (QED) is 0.711. The number of ether oxygens (including phenoxy) is 2. The highest BCUT2D eigenvalue weighted by Crippen LogP contribution is 2.42. The van der Waals surface area contributed by atoms with Crippen molar-refractivity contribution in [3.8, 4) is 17.6 Å². The van der Waals surface area contributed by atoms with Gasteiger partial charge in [0.1, 0.15) is 28.5 Å². The maximum Gasteiger partial charge on any atom is 0.198 e. The second kappa shape index (κ2) is 7.62. The van der Waals surface area contributed by atoms with Gasteiger partial charge in [-0.1, -0.05) is 13.0 Å². The number of nitriles is 1. The molecule has 0 saturated carbocycles. The van der Waals surface area contributed by atoms with Gasteiger partial charge in [0.05, 0.1) is 17.2 Å². The molecule has 0 unspecified atom stereocenters. The van der Waals surface area contributed by atoms with Crippen molar-refractivity contribution in [1.29, 1.82) is 5.26 Å². The maximum atomic E-state index is 13.2. The molecule has 156 valence electrons. The van der Waals surface area contributed by atoms with E-state index < -0.39 is 11.2 Å². The summed E-state index contributed by atoms with van der Waals surface area (Å²) in [6, 6.07) is 12.9. The fourth-order valence-corrected chi connectivity index (χ4v) is 3.81. The molecule has 0 aromatic heterocycles. The largest absolute Gasteiger partial charge is 0.508 e. The fraction of sp³-hybridized carbons (Fsp3) is 0.360. The second-order valence-electron chi connectivity index (χ2n) is 8.54. The van der Waals surface area contributed by atoms with Crippen LogP contribution in [0.15, 0.2) is 42.2 Å². The minimum absolute atomic E-state index is 0.0760. The number of carbonyl (C=O) groups is 1. The summed E-state index contributed by atoms with van der Waals surface area (Å²) in [5.74, 6) is 0.800. The third-order valence-corrected chi connectivity index (χ3v) is 5.38. The molecule has 2 aromatic carbocycles. The smallest absolute Gasteiger partial charge is 0.198 e. The number of benzene rings is 2. The van der Waals surface area contributed by atoms with Gasteiger partial charge in [-0.05, 0) is 88.1 Å². The highest BCUT2D eigenvalue weighted by atomic mass is 16.5. The number of carbonyl (C=O) groups excluding carboxylic acids is 1. The van der Waals surface area contributed by atoms with Crippen molar-refractivity contribution >= 4 is 11.4 Å². The molecular weight excluding hydrogens is 378 g/mol. The summed E-state index contributed by atoms with van der Waals surface area (Å²) in [6.45, 7) is 10.8. The lowest BCUT2D eigenvalue weighted by atomic mass is 9.81. The van der Waals surface area contributed by atoms with Crippen LogP contribution in [0, 0.1) is 18.3 Å². The molecule has 1 aliphatic rings. The molecule has 5 nitrogen and oxygen atoms in total. The molecule has 2 aromatic rings. The third-order valence-electron chi connectivity index (χ3n) is 5.38. The van der Waals surface area contributed by atoms with Crippen LogP contribution in [0.3, 0.4) is 0 Å². The van der Waals surface area contributed by atoms with E-state index in [2.05, 4.69) is 6.07 Å². The van der Waals surface area contributed by atoms with Crippen molar-refractivity contribution < 1.29 is 19.4 Å². The predicted octanol–water partition coefficient (Wildman–Crippen LogP) is 5.65. The van der Waals surface area contributed by atoms with E-state index in [1.807, 2.05) is 26.0 Å². The Bertz CT molecular complexity index is 1090. The van der Waals surface area contributed by atoms with Crippen LogP contribution in [0.5, 0.6) is 11.5 Å². The first-order chi connectivity index (χ1) is 14.0. The Labute approximate surface area is 177 Å². The summed E-state index contributed by atoms with van der Waals surface area (Å²) in [5.41, 5.74) is 1.22. The molecule has 3 rings (SSSR count). The Morgan fingerprint density at radius 1 is 1.07 bits per heavy atom. The van der Waals surface area contributed by atoms with Gasteiger partial charge in [-0.3, -0.25) is 4.79 Å². The van der Waals surface area contributed by atoms with Crippen molar-refractivity contribution in [1.82, 2.24) is 0 Å². The average Bonchev–Trinajstić information content (AvgIpc) is 2.67. The predicted molar refractivity (Wildman–Crippen MR) is 116 cm³/mol. The standard InChI is InChI=1S/C25H27NO4/c1-7-16-8-10-19(29-18-11-9-17(14-26)15(2)12-18)13-20(16)21-22(27)24(3,4)30-25(5,6)23(21)28/h8-13,27H,7H2,1-6H3. The highest BCUT2D eigenvalue weighted by Gasteiger charge is 2.47. The lowest BCUT2D eigenvalue weighted by Gasteiger charge is -2.40. The molecule has 0 atom stereocenters. The highest BCUT2D eigenvalue weighted by molar-refractivity contribution is 6.26. The Balaban J connectivity index is 2.10. The summed E-state index contributed by atoms with van der Waals surface area (Å²) >= 11 is 0. The first kappa shape index (κ1) is 21.6. The third kappa shape index (κ3) is 3.83. The minimum atomic E-state index is -1.06. The van der Waals surface area contributed by atoms with Gasteiger partial charge in [-0.2, -0.15) is 5.26 Å². The van der Waals surface area contributed by atoms with E-state index in [0.717, 1.165) is 11.1 Å². The molecule has 1 N–H and O–H groups in total. The number of hydrogen-bond donors (Lipinski definition) is 1. The van der Waals surface area contributed by atoms with E-state index in [-0.39, 0.29) is 17.1 Å². The van der Waals surface area contributed by atoms with Crippen molar-refractivity contribution in [2.45, 2.75) is 59.2 Å². The molecular formula is C25H27NO4. The van der Waals surface area contributed by atoms with E-state index in [1.165, 1.54) is 0 Å². The normalized spacial score (nSPS) is 17.6. The van der Waals surface area contributed by atoms with Crippen LogP contribution < -0.4 is 4.74 Å². The summed E-state index contributed by atoms with van der Waals surface area (Å²) in [5, 5.41) is 20.0. The lowest BCUT2D eigenvalue weighted by molar-refractivity contribution is -0.158. The van der Waals surface area contributed by atoms with Crippen LogP contribution in [0.1, 0.15) is 56.9 Å². The second-order valence-corrected chi connectivity index (χ2v) is 8.54. The lowest BCUT2D eigenvalue weighted by Crippen LogP contribution is -2.49. The number of ketones is 1. The van der Waals surface area contributed by atoms with Gasteiger partial charge in [0, 0.05) is 0 Å². The Morgan fingerprint density at radius 3 is 2.30 bits per heavy atom. The SMILES string of the molecule is CCc1ccc(Oc2ccc(C#N)c(C)c2)cc1C1=C(O)C(C)(C)OC(C)(C)C1=O. The maximum absolute atomic E-state index is 13.2. The van der Waals surface area contributed by atoms with Crippen LogP contribution in [-0.2, 0) is 16.0 Å². The van der Waals surface area contributed by atoms with Gasteiger partial charge in [-0.15, -0.1) is 0 Å². The summed E-state index contributed by atoms with van der Waals surface area (Å²) < 4.78 is 11.9. The Hall–Kier alpha value is -3.10. The van der Waals surface area contributed by atoms with E-state index >= 15 is 0 Å². The molecule has 1 heterocycles. The molecule has 0 fully saturated rings. The number of Topliss-reactive ketones (excluding diaryl/α,β-unsaturated/α-hetero) is 1. The zero-order chi connectivity index (χ0) is 22.3.